The number of hydrogen-bond acceptors (Lipinski definition) is 5. The Morgan fingerprint density at radius 2 is 1.96 bits per heavy atom. The van der Waals surface area contributed by atoms with Gasteiger partial charge in [0.1, 0.15) is 5.82 Å². The second-order valence-corrected chi connectivity index (χ2v) is 7.20. The summed E-state index contributed by atoms with van der Waals surface area (Å²) in [5.41, 5.74) is 3.90. The van der Waals surface area contributed by atoms with Gasteiger partial charge in [0.2, 0.25) is 5.16 Å². The molecule has 0 fully saturated rings. The van der Waals surface area contributed by atoms with E-state index in [1.165, 1.54) is 52.5 Å². The lowest BCUT2D eigenvalue weighted by atomic mass is 9.90. The molecule has 0 amide bonds. The quantitative estimate of drug-likeness (QED) is 0.508. The highest BCUT2D eigenvalue weighted by molar-refractivity contribution is 7.99. The fraction of sp³-hybridized carbons (Fsp3) is 0.263. The standard InChI is InChI=1S/C19H17FN4OS/c20-16-6-3-7-17(11-16)24-19(21-22-23-24)26-12-18(25)15-9-8-13-4-1-2-5-14(13)10-15/h3,6-11H,1-2,4-5,12H2. The van der Waals surface area contributed by atoms with E-state index in [2.05, 4.69) is 21.6 Å². The smallest absolute Gasteiger partial charge is 0.214 e. The Labute approximate surface area is 154 Å². The van der Waals surface area contributed by atoms with Crippen molar-refractivity contribution in [1.82, 2.24) is 20.2 Å². The van der Waals surface area contributed by atoms with Crippen molar-refractivity contribution in [3.8, 4) is 5.69 Å². The molecule has 0 atom stereocenters. The Morgan fingerprint density at radius 3 is 2.81 bits per heavy atom. The Morgan fingerprint density at radius 1 is 1.12 bits per heavy atom. The lowest BCUT2D eigenvalue weighted by Crippen LogP contribution is -2.08. The molecule has 3 aromatic rings. The van der Waals surface area contributed by atoms with Gasteiger partial charge in [0.05, 0.1) is 11.4 Å². The minimum Gasteiger partial charge on any atom is -0.293 e. The van der Waals surface area contributed by atoms with Gasteiger partial charge in [-0.25, -0.2) is 4.39 Å². The first kappa shape index (κ1) is 16.9. The van der Waals surface area contributed by atoms with Crippen LogP contribution in [0.25, 0.3) is 5.69 Å². The maximum Gasteiger partial charge on any atom is 0.214 e. The van der Waals surface area contributed by atoms with Gasteiger partial charge in [-0.3, -0.25) is 4.79 Å². The molecule has 0 bridgehead atoms. The predicted octanol–water partition coefficient (Wildman–Crippen LogP) is 3.66. The van der Waals surface area contributed by atoms with E-state index in [1.807, 2.05) is 12.1 Å². The number of nitrogens with zero attached hydrogens (tertiary/aromatic N) is 4. The predicted molar refractivity (Wildman–Crippen MR) is 97.3 cm³/mol. The summed E-state index contributed by atoms with van der Waals surface area (Å²) < 4.78 is 14.9. The average Bonchev–Trinajstić information content (AvgIpc) is 3.14. The largest absolute Gasteiger partial charge is 0.293 e. The summed E-state index contributed by atoms with van der Waals surface area (Å²) in [7, 11) is 0. The van der Waals surface area contributed by atoms with Crippen molar-refractivity contribution >= 4 is 17.5 Å². The first-order valence-electron chi connectivity index (χ1n) is 8.53. The van der Waals surface area contributed by atoms with E-state index < -0.39 is 0 Å². The molecular weight excluding hydrogens is 351 g/mol. The number of Topliss-reactive ketones (excluding diaryl/α,β-unsaturated/α-hetero) is 1. The van der Waals surface area contributed by atoms with Crippen LogP contribution in [0.3, 0.4) is 0 Å². The molecule has 1 heterocycles. The van der Waals surface area contributed by atoms with Crippen LogP contribution in [0.2, 0.25) is 0 Å². The Balaban J connectivity index is 1.48. The van der Waals surface area contributed by atoms with Crippen molar-refractivity contribution in [1.29, 1.82) is 0 Å². The molecule has 0 radical (unpaired) electrons. The summed E-state index contributed by atoms with van der Waals surface area (Å²) in [5.74, 6) is -0.0923. The molecule has 0 spiro atoms. The number of carbonyl (C=O) groups excluding carboxylic acids is 1. The topological polar surface area (TPSA) is 60.7 Å². The van der Waals surface area contributed by atoms with E-state index >= 15 is 0 Å². The van der Waals surface area contributed by atoms with Crippen LogP contribution in [0, 0.1) is 5.82 Å². The van der Waals surface area contributed by atoms with Gasteiger partial charge in [0.25, 0.3) is 0 Å². The molecule has 132 valence electrons. The number of carbonyl (C=O) groups is 1. The van der Waals surface area contributed by atoms with Gasteiger partial charge in [0.15, 0.2) is 5.78 Å². The van der Waals surface area contributed by atoms with Crippen LogP contribution in [0.1, 0.15) is 34.3 Å². The Bertz CT molecular complexity index is 956. The number of halogens is 1. The zero-order valence-electron chi connectivity index (χ0n) is 14.1. The molecule has 1 aliphatic carbocycles. The van der Waals surface area contributed by atoms with Crippen LogP contribution >= 0.6 is 11.8 Å². The number of benzene rings is 2. The van der Waals surface area contributed by atoms with Gasteiger partial charge in [0, 0.05) is 5.56 Å². The number of fused-ring (bicyclic) bond motifs is 1. The van der Waals surface area contributed by atoms with Crippen molar-refractivity contribution in [3.05, 3.63) is 65.0 Å². The van der Waals surface area contributed by atoms with Gasteiger partial charge in [-0.15, -0.1) is 5.10 Å². The van der Waals surface area contributed by atoms with Crippen molar-refractivity contribution in [2.24, 2.45) is 0 Å². The van der Waals surface area contributed by atoms with E-state index in [4.69, 9.17) is 0 Å². The molecule has 2 aromatic carbocycles. The van der Waals surface area contributed by atoms with Crippen LogP contribution in [-0.2, 0) is 12.8 Å². The number of ketones is 1. The summed E-state index contributed by atoms with van der Waals surface area (Å²) in [6.07, 6.45) is 4.54. The summed E-state index contributed by atoms with van der Waals surface area (Å²) in [6.45, 7) is 0. The normalized spacial score (nSPS) is 13.4. The van der Waals surface area contributed by atoms with E-state index in [0.29, 0.717) is 10.8 Å². The van der Waals surface area contributed by atoms with E-state index in [0.717, 1.165) is 18.4 Å². The Kier molecular flexibility index (Phi) is 4.79. The monoisotopic (exact) mass is 368 g/mol. The number of tetrazole rings is 1. The van der Waals surface area contributed by atoms with Gasteiger partial charge >= 0.3 is 0 Å². The van der Waals surface area contributed by atoms with Crippen LogP contribution < -0.4 is 0 Å². The van der Waals surface area contributed by atoms with E-state index in [-0.39, 0.29) is 17.4 Å². The number of rotatable bonds is 5. The van der Waals surface area contributed by atoms with Crippen molar-refractivity contribution in [3.63, 3.8) is 0 Å². The molecule has 1 aromatic heterocycles. The fourth-order valence-electron chi connectivity index (χ4n) is 3.16. The fourth-order valence-corrected chi connectivity index (χ4v) is 3.94. The van der Waals surface area contributed by atoms with Crippen LogP contribution in [0.4, 0.5) is 4.39 Å². The number of aromatic nitrogens is 4. The first-order chi connectivity index (χ1) is 12.7. The highest BCUT2D eigenvalue weighted by atomic mass is 32.2. The van der Waals surface area contributed by atoms with Crippen molar-refractivity contribution in [2.45, 2.75) is 30.8 Å². The minimum absolute atomic E-state index is 0.0390. The molecule has 7 heteroatoms. The van der Waals surface area contributed by atoms with Crippen molar-refractivity contribution < 1.29 is 9.18 Å². The highest BCUT2D eigenvalue weighted by Gasteiger charge is 2.15. The van der Waals surface area contributed by atoms with Gasteiger partial charge in [-0.2, -0.15) is 4.68 Å². The zero-order valence-corrected chi connectivity index (χ0v) is 14.9. The highest BCUT2D eigenvalue weighted by Crippen LogP contribution is 2.24. The molecule has 0 saturated heterocycles. The summed E-state index contributed by atoms with van der Waals surface area (Å²) in [6, 6.07) is 12.0. The molecule has 0 aliphatic heterocycles. The summed E-state index contributed by atoms with van der Waals surface area (Å²) in [4.78, 5) is 12.6. The maximum absolute atomic E-state index is 13.4. The number of hydrogen-bond donors (Lipinski definition) is 0. The second-order valence-electron chi connectivity index (χ2n) is 6.26. The average molecular weight is 368 g/mol. The van der Waals surface area contributed by atoms with Gasteiger partial charge < -0.3 is 0 Å². The molecule has 1 aliphatic rings. The van der Waals surface area contributed by atoms with Gasteiger partial charge in [-0.05, 0) is 71.5 Å². The summed E-state index contributed by atoms with van der Waals surface area (Å²) in [5, 5.41) is 11.9. The van der Waals surface area contributed by atoms with E-state index in [9.17, 15) is 9.18 Å². The number of thioether (sulfide) groups is 1. The zero-order chi connectivity index (χ0) is 17.9. The Hall–Kier alpha value is -2.54. The second kappa shape index (κ2) is 7.37. The molecule has 5 nitrogen and oxygen atoms in total. The third kappa shape index (κ3) is 3.53. The molecule has 4 rings (SSSR count). The molecule has 0 saturated carbocycles. The molecule has 0 N–H and O–H groups in total. The third-order valence-electron chi connectivity index (χ3n) is 4.50. The van der Waals surface area contributed by atoms with Gasteiger partial charge in [-0.1, -0.05) is 30.0 Å². The van der Waals surface area contributed by atoms with Crippen molar-refractivity contribution in [2.75, 3.05) is 5.75 Å². The van der Waals surface area contributed by atoms with Crippen LogP contribution in [-0.4, -0.2) is 31.7 Å². The lowest BCUT2D eigenvalue weighted by molar-refractivity contribution is 0.102. The minimum atomic E-state index is -0.362. The maximum atomic E-state index is 13.4. The van der Waals surface area contributed by atoms with Crippen LogP contribution in [0.5, 0.6) is 0 Å². The number of aryl methyl sites for hydroxylation is 2. The molecular formula is C19H17FN4OS. The third-order valence-corrected chi connectivity index (χ3v) is 5.42. The first-order valence-corrected chi connectivity index (χ1v) is 9.51. The SMILES string of the molecule is O=C(CSc1nnnn1-c1cccc(F)c1)c1ccc2c(c1)CCCC2. The molecule has 0 unspecified atom stereocenters. The van der Waals surface area contributed by atoms with Crippen LogP contribution in [0.15, 0.2) is 47.6 Å². The van der Waals surface area contributed by atoms with E-state index in [1.54, 1.807) is 12.1 Å². The lowest BCUT2D eigenvalue weighted by Gasteiger charge is -2.16. The molecule has 26 heavy (non-hydrogen) atoms. The summed E-state index contributed by atoms with van der Waals surface area (Å²) >= 11 is 1.25.